The molecule has 2 atom stereocenters. The third-order valence-electron chi connectivity index (χ3n) is 2.92. The van der Waals surface area contributed by atoms with Gasteiger partial charge in [-0.05, 0) is 24.1 Å². The third kappa shape index (κ3) is 2.81. The molecule has 1 heterocycles. The number of aliphatic hydroxyl groups excluding tert-OH is 1. The van der Waals surface area contributed by atoms with Crippen LogP contribution in [0.25, 0.3) is 0 Å². The van der Waals surface area contributed by atoms with Crippen molar-refractivity contribution in [2.75, 3.05) is 6.61 Å². The maximum Gasteiger partial charge on any atom is 0.416 e. The highest BCUT2D eigenvalue weighted by molar-refractivity contribution is 5.32. The smallest absolute Gasteiger partial charge is 0.393 e. The largest absolute Gasteiger partial charge is 0.416 e. The molecule has 0 spiro atoms. The van der Waals surface area contributed by atoms with Crippen molar-refractivity contribution in [2.24, 2.45) is 0 Å². The van der Waals surface area contributed by atoms with E-state index in [1.807, 2.05) is 0 Å². The molecule has 0 saturated carbocycles. The van der Waals surface area contributed by atoms with Crippen LogP contribution in [0.2, 0.25) is 0 Å². The molecule has 0 aliphatic carbocycles. The maximum absolute atomic E-state index is 12.9. The fourth-order valence-corrected chi connectivity index (χ4v) is 2.05. The number of aliphatic hydroxyl groups is 1. The maximum atomic E-state index is 12.9. The van der Waals surface area contributed by atoms with Crippen molar-refractivity contribution < 1.29 is 27.4 Å². The van der Waals surface area contributed by atoms with Crippen LogP contribution in [0.3, 0.4) is 0 Å². The van der Waals surface area contributed by atoms with Gasteiger partial charge in [0.25, 0.3) is 0 Å². The Morgan fingerprint density at radius 2 is 2.00 bits per heavy atom. The first kappa shape index (κ1) is 13.3. The molecule has 1 aliphatic rings. The zero-order valence-corrected chi connectivity index (χ0v) is 9.38. The van der Waals surface area contributed by atoms with E-state index in [1.54, 1.807) is 0 Å². The van der Waals surface area contributed by atoms with Crippen molar-refractivity contribution in [1.82, 2.24) is 0 Å². The fraction of sp³-hybridized carbons (Fsp3) is 0.500. The quantitative estimate of drug-likeness (QED) is 0.790. The Balaban J connectivity index is 2.37. The van der Waals surface area contributed by atoms with E-state index in [1.165, 1.54) is 0 Å². The number of benzene rings is 1. The van der Waals surface area contributed by atoms with Crippen LogP contribution in [0.15, 0.2) is 18.2 Å². The number of halogens is 4. The topological polar surface area (TPSA) is 29.5 Å². The van der Waals surface area contributed by atoms with E-state index in [4.69, 9.17) is 4.74 Å². The van der Waals surface area contributed by atoms with Gasteiger partial charge >= 0.3 is 6.18 Å². The lowest BCUT2D eigenvalue weighted by Gasteiger charge is -2.28. The van der Waals surface area contributed by atoms with E-state index >= 15 is 0 Å². The number of ether oxygens (including phenoxy) is 1. The summed E-state index contributed by atoms with van der Waals surface area (Å²) >= 11 is 0. The van der Waals surface area contributed by atoms with Crippen LogP contribution in [0.5, 0.6) is 0 Å². The van der Waals surface area contributed by atoms with Gasteiger partial charge in [0.15, 0.2) is 0 Å². The Labute approximate surface area is 101 Å². The molecule has 6 heteroatoms. The predicted octanol–water partition coefficient (Wildman–Crippen LogP) is 3.06. The normalized spacial score (nSPS) is 25.2. The summed E-state index contributed by atoms with van der Waals surface area (Å²) in [6.07, 6.45) is -5.67. The second-order valence-electron chi connectivity index (χ2n) is 4.27. The minimum atomic E-state index is -4.64. The summed E-state index contributed by atoms with van der Waals surface area (Å²) in [5, 5.41) is 9.45. The molecule has 1 aliphatic heterocycles. The van der Waals surface area contributed by atoms with E-state index < -0.39 is 29.8 Å². The van der Waals surface area contributed by atoms with Gasteiger partial charge in [-0.3, -0.25) is 0 Å². The summed E-state index contributed by atoms with van der Waals surface area (Å²) < 4.78 is 56.5. The van der Waals surface area contributed by atoms with Crippen molar-refractivity contribution >= 4 is 0 Å². The van der Waals surface area contributed by atoms with Crippen LogP contribution in [0.1, 0.15) is 30.1 Å². The van der Waals surface area contributed by atoms with Crippen LogP contribution >= 0.6 is 0 Å². The highest BCUT2D eigenvalue weighted by Gasteiger charge is 2.37. The first-order valence-corrected chi connectivity index (χ1v) is 5.54. The predicted molar refractivity (Wildman–Crippen MR) is 55.3 cm³/mol. The fourth-order valence-electron chi connectivity index (χ4n) is 2.05. The summed E-state index contributed by atoms with van der Waals surface area (Å²) in [6, 6.07) is 2.50. The lowest BCUT2D eigenvalue weighted by molar-refractivity contribution is -0.141. The molecule has 1 aromatic carbocycles. The van der Waals surface area contributed by atoms with Crippen molar-refractivity contribution in [1.29, 1.82) is 0 Å². The molecule has 2 rings (SSSR count). The highest BCUT2D eigenvalue weighted by Crippen LogP contribution is 2.38. The van der Waals surface area contributed by atoms with E-state index in [2.05, 4.69) is 0 Å². The first-order valence-electron chi connectivity index (χ1n) is 5.54. The van der Waals surface area contributed by atoms with Crippen LogP contribution in [-0.2, 0) is 10.9 Å². The molecule has 18 heavy (non-hydrogen) atoms. The Hall–Kier alpha value is -1.14. The van der Waals surface area contributed by atoms with Gasteiger partial charge in [0.05, 0.1) is 17.8 Å². The second-order valence-corrected chi connectivity index (χ2v) is 4.27. The zero-order valence-electron chi connectivity index (χ0n) is 9.38. The molecule has 100 valence electrons. The van der Waals surface area contributed by atoms with Crippen LogP contribution in [0, 0.1) is 5.82 Å². The van der Waals surface area contributed by atoms with Gasteiger partial charge in [-0.2, -0.15) is 13.2 Å². The standard InChI is InChI=1S/C12H12F4O2/c13-7-1-2-9(10(5-7)12(14,15)16)11-6-8(17)3-4-18-11/h1-2,5,8,11,17H,3-4,6H2. The summed E-state index contributed by atoms with van der Waals surface area (Å²) in [5.74, 6) is -0.942. The van der Waals surface area contributed by atoms with Gasteiger partial charge in [0.1, 0.15) is 5.82 Å². The Morgan fingerprint density at radius 3 is 2.61 bits per heavy atom. The molecule has 2 unspecified atom stereocenters. The molecule has 1 fully saturated rings. The number of hydrogen-bond donors (Lipinski definition) is 1. The SMILES string of the molecule is OC1CCOC(c2ccc(F)cc2C(F)(F)F)C1. The molecule has 2 nitrogen and oxygen atoms in total. The summed E-state index contributed by atoms with van der Waals surface area (Å²) in [7, 11) is 0. The lowest BCUT2D eigenvalue weighted by Crippen LogP contribution is -2.25. The Morgan fingerprint density at radius 1 is 1.28 bits per heavy atom. The molecule has 1 aromatic rings. The summed E-state index contributed by atoms with van der Waals surface area (Å²) in [6.45, 7) is 0.195. The van der Waals surface area contributed by atoms with E-state index in [0.29, 0.717) is 12.5 Å². The number of hydrogen-bond acceptors (Lipinski definition) is 2. The number of rotatable bonds is 1. The highest BCUT2D eigenvalue weighted by atomic mass is 19.4. The van der Waals surface area contributed by atoms with Crippen molar-refractivity contribution in [3.05, 3.63) is 35.1 Å². The van der Waals surface area contributed by atoms with E-state index in [9.17, 15) is 22.7 Å². The molecule has 0 bridgehead atoms. The van der Waals surface area contributed by atoms with Gasteiger partial charge in [0.2, 0.25) is 0 Å². The Bertz CT molecular complexity index is 431. The van der Waals surface area contributed by atoms with Crippen molar-refractivity contribution in [3.63, 3.8) is 0 Å². The van der Waals surface area contributed by atoms with Crippen LogP contribution in [0.4, 0.5) is 17.6 Å². The van der Waals surface area contributed by atoms with Gasteiger partial charge in [0, 0.05) is 13.0 Å². The molecule has 1 saturated heterocycles. The molecule has 0 aromatic heterocycles. The van der Waals surface area contributed by atoms with Crippen molar-refractivity contribution in [2.45, 2.75) is 31.2 Å². The lowest BCUT2D eigenvalue weighted by atomic mass is 9.95. The average Bonchev–Trinajstić information content (AvgIpc) is 2.27. The van der Waals surface area contributed by atoms with Gasteiger partial charge in [-0.15, -0.1) is 0 Å². The minimum Gasteiger partial charge on any atom is -0.393 e. The van der Waals surface area contributed by atoms with Crippen LogP contribution < -0.4 is 0 Å². The molecular weight excluding hydrogens is 252 g/mol. The van der Waals surface area contributed by atoms with Crippen LogP contribution in [-0.4, -0.2) is 17.8 Å². The third-order valence-corrected chi connectivity index (χ3v) is 2.92. The van der Waals surface area contributed by atoms with Gasteiger partial charge < -0.3 is 9.84 Å². The molecule has 0 amide bonds. The van der Waals surface area contributed by atoms with E-state index in [-0.39, 0.29) is 18.6 Å². The summed E-state index contributed by atoms with van der Waals surface area (Å²) in [5.41, 5.74) is -1.16. The monoisotopic (exact) mass is 264 g/mol. The average molecular weight is 264 g/mol. The zero-order chi connectivity index (χ0) is 13.3. The van der Waals surface area contributed by atoms with Gasteiger partial charge in [-0.1, -0.05) is 6.07 Å². The Kier molecular flexibility index (Phi) is 3.59. The minimum absolute atomic E-state index is 0.0920. The molecule has 0 radical (unpaired) electrons. The number of alkyl halides is 3. The van der Waals surface area contributed by atoms with E-state index in [0.717, 1.165) is 12.1 Å². The van der Waals surface area contributed by atoms with Gasteiger partial charge in [-0.25, -0.2) is 4.39 Å². The molecular formula is C12H12F4O2. The first-order chi connectivity index (χ1) is 8.38. The second kappa shape index (κ2) is 4.85. The van der Waals surface area contributed by atoms with Crippen molar-refractivity contribution in [3.8, 4) is 0 Å². The summed E-state index contributed by atoms with van der Waals surface area (Å²) in [4.78, 5) is 0. The molecule has 1 N–H and O–H groups in total.